The Bertz CT molecular complexity index is 232. The molecule has 1 saturated carbocycles. The summed E-state index contributed by atoms with van der Waals surface area (Å²) in [5, 5.41) is 8.94. The molecule has 0 aromatic heterocycles. The van der Waals surface area contributed by atoms with Crippen molar-refractivity contribution < 1.29 is 9.90 Å². The Balaban J connectivity index is 2.54. The van der Waals surface area contributed by atoms with Crippen molar-refractivity contribution in [2.45, 2.75) is 45.6 Å². The Labute approximate surface area is 97.8 Å². The number of aliphatic hydroxyl groups excluding tert-OH is 1. The van der Waals surface area contributed by atoms with Crippen LogP contribution < -0.4 is 5.73 Å². The molecule has 0 unspecified atom stereocenters. The first kappa shape index (κ1) is 13.5. The van der Waals surface area contributed by atoms with Gasteiger partial charge in [-0.3, -0.25) is 4.79 Å². The van der Waals surface area contributed by atoms with Crippen molar-refractivity contribution in [3.05, 3.63) is 0 Å². The van der Waals surface area contributed by atoms with Crippen LogP contribution in [0.4, 0.5) is 0 Å². The molecular weight excluding hydrogens is 204 g/mol. The summed E-state index contributed by atoms with van der Waals surface area (Å²) in [4.78, 5) is 13.8. The van der Waals surface area contributed by atoms with Gasteiger partial charge in [0.1, 0.15) is 0 Å². The Morgan fingerprint density at radius 3 is 2.44 bits per heavy atom. The lowest BCUT2D eigenvalue weighted by Crippen LogP contribution is -2.46. The van der Waals surface area contributed by atoms with Crippen molar-refractivity contribution in [2.75, 3.05) is 19.7 Å². The van der Waals surface area contributed by atoms with E-state index in [1.165, 1.54) is 6.42 Å². The zero-order valence-electron chi connectivity index (χ0n) is 10.4. The average Bonchev–Trinajstić information content (AvgIpc) is 2.19. The van der Waals surface area contributed by atoms with E-state index >= 15 is 0 Å². The summed E-state index contributed by atoms with van der Waals surface area (Å²) in [7, 11) is 0. The number of nitrogens with zero attached hydrogens (tertiary/aromatic N) is 1. The van der Waals surface area contributed by atoms with Gasteiger partial charge in [0, 0.05) is 19.0 Å². The van der Waals surface area contributed by atoms with Gasteiger partial charge in [-0.25, -0.2) is 0 Å². The lowest BCUT2D eigenvalue weighted by molar-refractivity contribution is -0.137. The van der Waals surface area contributed by atoms with Gasteiger partial charge in [0.25, 0.3) is 0 Å². The van der Waals surface area contributed by atoms with Gasteiger partial charge in [-0.15, -0.1) is 0 Å². The van der Waals surface area contributed by atoms with Crippen LogP contribution in [0.1, 0.15) is 39.5 Å². The molecule has 0 heterocycles. The molecule has 94 valence electrons. The molecule has 0 radical (unpaired) electrons. The molecule has 0 aromatic carbocycles. The van der Waals surface area contributed by atoms with Crippen molar-refractivity contribution in [1.82, 2.24) is 4.90 Å². The van der Waals surface area contributed by atoms with E-state index in [-0.39, 0.29) is 24.0 Å². The Hall–Kier alpha value is -0.610. The number of carbonyl (C=O) groups is 1. The first-order chi connectivity index (χ1) is 7.54. The Morgan fingerprint density at radius 1 is 1.50 bits per heavy atom. The molecule has 0 aliphatic heterocycles. The summed E-state index contributed by atoms with van der Waals surface area (Å²) in [6, 6.07) is 0.148. The molecule has 0 aromatic rings. The van der Waals surface area contributed by atoms with E-state index < -0.39 is 0 Å². The van der Waals surface area contributed by atoms with Gasteiger partial charge in [-0.05, 0) is 38.6 Å². The molecule has 0 bridgehead atoms. The Kier molecular flexibility index (Phi) is 4.74. The highest BCUT2D eigenvalue weighted by molar-refractivity contribution is 5.77. The number of aliphatic hydroxyl groups is 1. The molecule has 4 heteroatoms. The molecule has 1 rings (SSSR count). The molecular formula is C12H24N2O2. The van der Waals surface area contributed by atoms with E-state index in [1.54, 1.807) is 4.90 Å². The van der Waals surface area contributed by atoms with Crippen molar-refractivity contribution >= 4 is 5.91 Å². The van der Waals surface area contributed by atoms with E-state index in [4.69, 9.17) is 10.8 Å². The lowest BCUT2D eigenvalue weighted by Gasteiger charge is -2.42. The maximum Gasteiger partial charge on any atom is 0.223 e. The molecule has 3 N–H and O–H groups in total. The fraction of sp³-hybridized carbons (Fsp3) is 0.917. The summed E-state index contributed by atoms with van der Waals surface area (Å²) in [6.07, 6.45) is 3.87. The molecule has 0 spiro atoms. The molecule has 1 aliphatic carbocycles. The van der Waals surface area contributed by atoms with Crippen LogP contribution in [0.3, 0.4) is 0 Å². The van der Waals surface area contributed by atoms with Gasteiger partial charge < -0.3 is 15.7 Å². The highest BCUT2D eigenvalue weighted by atomic mass is 16.3. The number of hydrogen-bond acceptors (Lipinski definition) is 3. The maximum atomic E-state index is 12.1. The molecule has 1 aliphatic rings. The second-order valence-electron chi connectivity index (χ2n) is 5.14. The molecule has 0 saturated heterocycles. The fourth-order valence-electron chi connectivity index (χ4n) is 2.33. The zero-order valence-corrected chi connectivity index (χ0v) is 10.4. The third-order valence-corrected chi connectivity index (χ3v) is 3.66. The minimum absolute atomic E-state index is 0.0273. The van der Waals surface area contributed by atoms with Crippen LogP contribution in [0, 0.1) is 5.41 Å². The van der Waals surface area contributed by atoms with Crippen LogP contribution in [-0.2, 0) is 4.79 Å². The van der Waals surface area contributed by atoms with Crippen LogP contribution in [-0.4, -0.2) is 41.7 Å². The fourth-order valence-corrected chi connectivity index (χ4v) is 2.33. The average molecular weight is 228 g/mol. The van der Waals surface area contributed by atoms with E-state index in [9.17, 15) is 4.79 Å². The van der Waals surface area contributed by atoms with Crippen LogP contribution in [0.25, 0.3) is 0 Å². The van der Waals surface area contributed by atoms with Crippen LogP contribution in [0.2, 0.25) is 0 Å². The minimum atomic E-state index is 0.0273. The monoisotopic (exact) mass is 228 g/mol. The van der Waals surface area contributed by atoms with Crippen molar-refractivity contribution in [3.63, 3.8) is 0 Å². The van der Waals surface area contributed by atoms with Gasteiger partial charge in [0.05, 0.1) is 6.61 Å². The second kappa shape index (κ2) is 5.64. The lowest BCUT2D eigenvalue weighted by atomic mass is 9.66. The van der Waals surface area contributed by atoms with Gasteiger partial charge >= 0.3 is 0 Å². The number of rotatable bonds is 6. The largest absolute Gasteiger partial charge is 0.395 e. The quantitative estimate of drug-likeness (QED) is 0.704. The van der Waals surface area contributed by atoms with Crippen LogP contribution in [0.5, 0.6) is 0 Å². The van der Waals surface area contributed by atoms with Crippen molar-refractivity contribution in [2.24, 2.45) is 11.1 Å². The van der Waals surface area contributed by atoms with Gasteiger partial charge in [0.15, 0.2) is 0 Å². The predicted octanol–water partition coefficient (Wildman–Crippen LogP) is 0.735. The van der Waals surface area contributed by atoms with E-state index in [1.807, 2.05) is 13.8 Å². The first-order valence-corrected chi connectivity index (χ1v) is 6.15. The second-order valence-corrected chi connectivity index (χ2v) is 5.14. The van der Waals surface area contributed by atoms with Crippen molar-refractivity contribution in [1.29, 1.82) is 0 Å². The van der Waals surface area contributed by atoms with E-state index in [0.29, 0.717) is 19.5 Å². The third kappa shape index (κ3) is 2.95. The minimum Gasteiger partial charge on any atom is -0.395 e. The van der Waals surface area contributed by atoms with Gasteiger partial charge in [0.2, 0.25) is 5.91 Å². The number of nitrogens with two attached hydrogens (primary N) is 1. The number of amides is 1. The molecule has 1 fully saturated rings. The summed E-state index contributed by atoms with van der Waals surface area (Å²) in [5.41, 5.74) is 5.80. The van der Waals surface area contributed by atoms with Gasteiger partial charge in [-0.2, -0.15) is 0 Å². The Morgan fingerprint density at radius 2 is 2.12 bits per heavy atom. The molecule has 16 heavy (non-hydrogen) atoms. The van der Waals surface area contributed by atoms with Gasteiger partial charge in [-0.1, -0.05) is 6.42 Å². The summed E-state index contributed by atoms with van der Waals surface area (Å²) >= 11 is 0. The van der Waals surface area contributed by atoms with Crippen LogP contribution >= 0.6 is 0 Å². The number of carbonyl (C=O) groups excluding carboxylic acids is 1. The zero-order chi connectivity index (χ0) is 12.2. The maximum absolute atomic E-state index is 12.1. The van der Waals surface area contributed by atoms with Crippen molar-refractivity contribution in [3.8, 4) is 0 Å². The third-order valence-electron chi connectivity index (χ3n) is 3.66. The molecule has 4 nitrogen and oxygen atoms in total. The standard InChI is InChI=1S/C12H24N2O2/c1-10(2)14(6-7-15)11(16)8-12(9-13)4-3-5-12/h10,15H,3-9,13H2,1-2H3. The van der Waals surface area contributed by atoms with E-state index in [2.05, 4.69) is 0 Å². The smallest absolute Gasteiger partial charge is 0.223 e. The topological polar surface area (TPSA) is 66.6 Å². The molecule has 1 amide bonds. The SMILES string of the molecule is CC(C)N(CCO)C(=O)CC1(CN)CCC1. The summed E-state index contributed by atoms with van der Waals surface area (Å²) in [5.74, 6) is 0.134. The molecule has 0 atom stereocenters. The first-order valence-electron chi connectivity index (χ1n) is 6.15. The summed E-state index contributed by atoms with van der Waals surface area (Å²) < 4.78 is 0. The number of hydrogen-bond donors (Lipinski definition) is 2. The van der Waals surface area contributed by atoms with Crippen LogP contribution in [0.15, 0.2) is 0 Å². The summed E-state index contributed by atoms with van der Waals surface area (Å²) in [6.45, 7) is 5.01. The predicted molar refractivity (Wildman–Crippen MR) is 63.9 cm³/mol. The highest BCUT2D eigenvalue weighted by Crippen LogP contribution is 2.43. The highest BCUT2D eigenvalue weighted by Gasteiger charge is 2.38. The normalized spacial score (nSPS) is 18.3. The van der Waals surface area contributed by atoms with E-state index in [0.717, 1.165) is 12.8 Å².